The molecule has 3 aliphatic rings. The van der Waals surface area contributed by atoms with E-state index in [-0.39, 0.29) is 5.82 Å². The highest BCUT2D eigenvalue weighted by Crippen LogP contribution is 2.43. The Labute approximate surface area is 188 Å². The minimum atomic E-state index is -0.0520. The lowest BCUT2D eigenvalue weighted by atomic mass is 9.70. The van der Waals surface area contributed by atoms with Gasteiger partial charge in [-0.3, -0.25) is 0 Å². The van der Waals surface area contributed by atoms with Crippen LogP contribution in [0.15, 0.2) is 42.5 Å². The summed E-state index contributed by atoms with van der Waals surface area (Å²) in [5.74, 6) is 3.20. The summed E-state index contributed by atoms with van der Waals surface area (Å²) in [5, 5.41) is 0. The summed E-state index contributed by atoms with van der Waals surface area (Å²) < 4.78 is 15.0. The molecule has 0 bridgehead atoms. The van der Waals surface area contributed by atoms with Gasteiger partial charge >= 0.3 is 0 Å². The number of rotatable bonds is 4. The molecule has 166 valence electrons. The maximum absolute atomic E-state index is 15.0. The van der Waals surface area contributed by atoms with Crippen LogP contribution in [0.25, 0.3) is 11.1 Å². The number of hydrogen-bond acceptors (Lipinski definition) is 0. The van der Waals surface area contributed by atoms with Gasteiger partial charge < -0.3 is 0 Å². The van der Waals surface area contributed by atoms with Gasteiger partial charge in [-0.1, -0.05) is 87.8 Å². The van der Waals surface area contributed by atoms with Crippen molar-refractivity contribution in [2.24, 2.45) is 11.8 Å². The van der Waals surface area contributed by atoms with E-state index in [9.17, 15) is 4.39 Å². The molecule has 5 rings (SSSR count). The van der Waals surface area contributed by atoms with Crippen molar-refractivity contribution in [2.45, 2.75) is 102 Å². The van der Waals surface area contributed by atoms with Crippen molar-refractivity contribution in [2.75, 3.05) is 0 Å². The Balaban J connectivity index is 1.22. The molecule has 0 heterocycles. The molecule has 0 saturated heterocycles. The highest BCUT2D eigenvalue weighted by Gasteiger charge is 2.29. The lowest BCUT2D eigenvalue weighted by Crippen LogP contribution is -2.23. The first kappa shape index (κ1) is 21.2. The Morgan fingerprint density at radius 3 is 1.71 bits per heavy atom. The summed E-state index contributed by atoms with van der Waals surface area (Å²) in [7, 11) is 0. The fourth-order valence-corrected chi connectivity index (χ4v) is 6.92. The van der Waals surface area contributed by atoms with Gasteiger partial charge in [0.05, 0.1) is 0 Å². The van der Waals surface area contributed by atoms with Gasteiger partial charge in [-0.05, 0) is 85.0 Å². The first-order valence-corrected chi connectivity index (χ1v) is 13.2. The van der Waals surface area contributed by atoms with E-state index in [2.05, 4.69) is 30.3 Å². The number of halogens is 1. The van der Waals surface area contributed by atoms with Crippen LogP contribution < -0.4 is 0 Å². The van der Waals surface area contributed by atoms with E-state index in [1.165, 1.54) is 101 Å². The van der Waals surface area contributed by atoms with Gasteiger partial charge in [0.25, 0.3) is 0 Å². The Hall–Kier alpha value is -1.63. The molecule has 0 N–H and O–H groups in total. The van der Waals surface area contributed by atoms with Crippen LogP contribution in [0.1, 0.15) is 113 Å². The molecular formula is C30H39F. The lowest BCUT2D eigenvalue weighted by Gasteiger charge is -2.36. The Morgan fingerprint density at radius 1 is 0.516 bits per heavy atom. The van der Waals surface area contributed by atoms with E-state index in [1.807, 2.05) is 12.1 Å². The zero-order valence-electron chi connectivity index (χ0n) is 19.1. The summed E-state index contributed by atoms with van der Waals surface area (Å²) in [5.41, 5.74) is 4.44. The fraction of sp³-hybridized carbons (Fsp3) is 0.600. The molecule has 0 aromatic heterocycles. The average molecular weight is 419 g/mol. The molecule has 0 unspecified atom stereocenters. The molecule has 0 atom stereocenters. The molecule has 31 heavy (non-hydrogen) atoms. The summed E-state index contributed by atoms with van der Waals surface area (Å²) in [6.45, 7) is 0. The van der Waals surface area contributed by atoms with Crippen molar-refractivity contribution >= 4 is 0 Å². The first-order valence-electron chi connectivity index (χ1n) is 13.2. The van der Waals surface area contributed by atoms with Crippen LogP contribution in [0.5, 0.6) is 0 Å². The highest BCUT2D eigenvalue weighted by atomic mass is 19.1. The summed E-state index contributed by atoms with van der Waals surface area (Å²) >= 11 is 0. The van der Waals surface area contributed by atoms with Gasteiger partial charge in [0.1, 0.15) is 5.82 Å². The molecule has 1 heteroatoms. The summed E-state index contributed by atoms with van der Waals surface area (Å²) in [6, 6.07) is 14.9. The van der Waals surface area contributed by atoms with Gasteiger partial charge in [-0.2, -0.15) is 0 Å². The average Bonchev–Trinajstić information content (AvgIpc) is 2.85. The third-order valence-corrected chi connectivity index (χ3v) is 8.85. The van der Waals surface area contributed by atoms with Crippen LogP contribution in [0.3, 0.4) is 0 Å². The molecule has 3 saturated carbocycles. The first-order chi connectivity index (χ1) is 15.3. The molecule has 0 radical (unpaired) electrons. The molecule has 3 fully saturated rings. The van der Waals surface area contributed by atoms with Crippen molar-refractivity contribution in [3.8, 4) is 11.1 Å². The van der Waals surface area contributed by atoms with Crippen LogP contribution in [-0.4, -0.2) is 0 Å². The zero-order valence-corrected chi connectivity index (χ0v) is 19.1. The SMILES string of the molecule is Fc1cc(C2CCCCC2)ccc1-c1ccc(C2CCC(C3CCCCC3)CC2)cc1. The van der Waals surface area contributed by atoms with E-state index < -0.39 is 0 Å². The second kappa shape index (κ2) is 9.88. The van der Waals surface area contributed by atoms with Crippen LogP contribution >= 0.6 is 0 Å². The molecule has 2 aromatic carbocycles. The van der Waals surface area contributed by atoms with Gasteiger partial charge in [-0.25, -0.2) is 4.39 Å². The molecule has 0 amide bonds. The molecule has 2 aromatic rings. The van der Waals surface area contributed by atoms with E-state index in [1.54, 1.807) is 0 Å². The standard InChI is InChI=1S/C30H39F/c31-30-21-28(23-9-5-2-6-10-23)19-20-29(30)27-17-15-26(16-18-27)25-13-11-24(12-14-25)22-7-3-1-4-8-22/h15-25H,1-14H2. The van der Waals surface area contributed by atoms with Crippen molar-refractivity contribution in [1.29, 1.82) is 0 Å². The van der Waals surface area contributed by atoms with Gasteiger partial charge in [0.15, 0.2) is 0 Å². The maximum Gasteiger partial charge on any atom is 0.131 e. The fourth-order valence-electron chi connectivity index (χ4n) is 6.92. The third kappa shape index (κ3) is 4.91. The quantitative estimate of drug-likeness (QED) is 0.464. The predicted octanol–water partition coefficient (Wildman–Crippen LogP) is 9.39. The Bertz CT molecular complexity index is 831. The van der Waals surface area contributed by atoms with Crippen LogP contribution in [0.4, 0.5) is 4.39 Å². The maximum atomic E-state index is 15.0. The van der Waals surface area contributed by atoms with Crippen molar-refractivity contribution in [3.05, 3.63) is 59.4 Å². The molecular weight excluding hydrogens is 379 g/mol. The number of benzene rings is 2. The largest absolute Gasteiger partial charge is 0.206 e. The topological polar surface area (TPSA) is 0 Å². The smallest absolute Gasteiger partial charge is 0.131 e. The summed E-state index contributed by atoms with van der Waals surface area (Å²) in [6.07, 6.45) is 19.2. The third-order valence-electron chi connectivity index (χ3n) is 8.85. The molecule has 3 aliphatic carbocycles. The lowest BCUT2D eigenvalue weighted by molar-refractivity contribution is 0.186. The van der Waals surface area contributed by atoms with Crippen molar-refractivity contribution in [1.82, 2.24) is 0 Å². The minimum Gasteiger partial charge on any atom is -0.206 e. The Kier molecular flexibility index (Phi) is 6.77. The predicted molar refractivity (Wildman–Crippen MR) is 129 cm³/mol. The van der Waals surface area contributed by atoms with Gasteiger partial charge in [-0.15, -0.1) is 0 Å². The Morgan fingerprint density at radius 2 is 1.06 bits per heavy atom. The monoisotopic (exact) mass is 418 g/mol. The van der Waals surface area contributed by atoms with Crippen molar-refractivity contribution < 1.29 is 4.39 Å². The van der Waals surface area contributed by atoms with Gasteiger partial charge in [0, 0.05) is 5.56 Å². The van der Waals surface area contributed by atoms with Gasteiger partial charge in [0.2, 0.25) is 0 Å². The second-order valence-corrected chi connectivity index (χ2v) is 10.7. The zero-order chi connectivity index (χ0) is 21.0. The molecule has 0 nitrogen and oxygen atoms in total. The minimum absolute atomic E-state index is 0.0520. The van der Waals surface area contributed by atoms with Crippen LogP contribution in [0.2, 0.25) is 0 Å². The van der Waals surface area contributed by atoms with E-state index in [0.29, 0.717) is 11.8 Å². The van der Waals surface area contributed by atoms with E-state index >= 15 is 0 Å². The summed E-state index contributed by atoms with van der Waals surface area (Å²) in [4.78, 5) is 0. The molecule has 0 aliphatic heterocycles. The van der Waals surface area contributed by atoms with E-state index in [4.69, 9.17) is 0 Å². The second-order valence-electron chi connectivity index (χ2n) is 10.7. The highest BCUT2D eigenvalue weighted by molar-refractivity contribution is 5.65. The van der Waals surface area contributed by atoms with Crippen LogP contribution in [-0.2, 0) is 0 Å². The van der Waals surface area contributed by atoms with Crippen LogP contribution in [0, 0.1) is 17.7 Å². The van der Waals surface area contributed by atoms with Crippen molar-refractivity contribution in [3.63, 3.8) is 0 Å². The number of hydrogen-bond donors (Lipinski definition) is 0. The normalized spacial score (nSPS) is 26.1. The molecule has 0 spiro atoms. The van der Waals surface area contributed by atoms with E-state index in [0.717, 1.165) is 23.0 Å².